The van der Waals surface area contributed by atoms with Gasteiger partial charge in [-0.05, 0) is 13.3 Å². The predicted molar refractivity (Wildman–Crippen MR) is 52.0 cm³/mol. The molecule has 0 aromatic rings. The summed E-state index contributed by atoms with van der Waals surface area (Å²) in [6.07, 6.45) is -0.535. The summed E-state index contributed by atoms with van der Waals surface area (Å²) >= 11 is 0. The van der Waals surface area contributed by atoms with Gasteiger partial charge in [0.05, 0.1) is 5.75 Å². The van der Waals surface area contributed by atoms with Crippen LogP contribution in [0.2, 0.25) is 0 Å². The smallest absolute Gasteiger partial charge is 0.332 e. The minimum Gasteiger partial charge on any atom is -0.479 e. The van der Waals surface area contributed by atoms with Crippen LogP contribution in [0.3, 0.4) is 0 Å². The van der Waals surface area contributed by atoms with Crippen LogP contribution in [0.25, 0.3) is 0 Å². The quantitative estimate of drug-likeness (QED) is 0.629. The number of carboxylic acid groups (broad SMARTS) is 1. The highest BCUT2D eigenvalue weighted by molar-refractivity contribution is 7.91. The Morgan fingerprint density at radius 1 is 1.50 bits per heavy atom. The number of sulfone groups is 1. The first kappa shape index (κ1) is 13.4. The first-order valence-electron chi connectivity index (χ1n) is 4.44. The maximum Gasteiger partial charge on any atom is 0.332 e. The van der Waals surface area contributed by atoms with Crippen molar-refractivity contribution in [3.05, 3.63) is 0 Å². The first-order chi connectivity index (χ1) is 6.39. The van der Waals surface area contributed by atoms with Crippen molar-refractivity contribution in [2.24, 2.45) is 0 Å². The fourth-order valence-electron chi connectivity index (χ4n) is 0.755. The molecule has 1 N–H and O–H groups in total. The number of carbonyl (C=O) groups is 1. The third-order valence-electron chi connectivity index (χ3n) is 1.76. The molecule has 0 aromatic heterocycles. The second kappa shape index (κ2) is 5.98. The molecular weight excluding hydrogens is 208 g/mol. The molecule has 1 atom stereocenters. The summed E-state index contributed by atoms with van der Waals surface area (Å²) in [4.78, 5) is 10.3. The summed E-state index contributed by atoms with van der Waals surface area (Å²) in [7, 11) is -2.97. The number of hydrogen-bond donors (Lipinski definition) is 1. The molecule has 0 fully saturated rings. The van der Waals surface area contributed by atoms with Crippen molar-refractivity contribution >= 4 is 15.8 Å². The third kappa shape index (κ3) is 5.93. The minimum absolute atomic E-state index is 0.0514. The van der Waals surface area contributed by atoms with Gasteiger partial charge in [0.15, 0.2) is 6.10 Å². The number of aliphatic carboxylic acids is 1. The normalized spacial score (nSPS) is 13.9. The Labute approximate surface area is 84.0 Å². The van der Waals surface area contributed by atoms with Crippen LogP contribution in [0.15, 0.2) is 0 Å². The van der Waals surface area contributed by atoms with Gasteiger partial charge in [-0.1, -0.05) is 6.92 Å². The molecule has 5 nitrogen and oxygen atoms in total. The van der Waals surface area contributed by atoms with Crippen LogP contribution in [0.1, 0.15) is 20.3 Å². The fourth-order valence-corrected chi connectivity index (χ4v) is 1.60. The SMILES string of the molecule is CCS(=O)(=O)CCCOC(C)C(=O)O. The molecule has 0 saturated heterocycles. The van der Waals surface area contributed by atoms with Gasteiger partial charge in [0.2, 0.25) is 0 Å². The average Bonchev–Trinajstić information content (AvgIpc) is 2.12. The summed E-state index contributed by atoms with van der Waals surface area (Å²) in [6, 6.07) is 0. The van der Waals surface area contributed by atoms with Gasteiger partial charge in [-0.25, -0.2) is 13.2 Å². The van der Waals surface area contributed by atoms with E-state index in [4.69, 9.17) is 9.84 Å². The van der Waals surface area contributed by atoms with E-state index in [1.807, 2.05) is 0 Å². The second-order valence-electron chi connectivity index (χ2n) is 2.94. The highest BCUT2D eigenvalue weighted by atomic mass is 32.2. The van der Waals surface area contributed by atoms with E-state index in [0.29, 0.717) is 6.42 Å². The zero-order valence-corrected chi connectivity index (χ0v) is 9.21. The highest BCUT2D eigenvalue weighted by Crippen LogP contribution is 1.97. The van der Waals surface area contributed by atoms with Gasteiger partial charge in [-0.3, -0.25) is 0 Å². The van der Waals surface area contributed by atoms with Gasteiger partial charge in [0.25, 0.3) is 0 Å². The molecule has 0 heterocycles. The lowest BCUT2D eigenvalue weighted by Gasteiger charge is -2.07. The van der Waals surface area contributed by atoms with E-state index in [1.54, 1.807) is 6.92 Å². The van der Waals surface area contributed by atoms with Gasteiger partial charge >= 0.3 is 5.97 Å². The van der Waals surface area contributed by atoms with Crippen LogP contribution in [0.5, 0.6) is 0 Å². The van der Waals surface area contributed by atoms with Crippen molar-refractivity contribution in [3.8, 4) is 0 Å². The zero-order valence-electron chi connectivity index (χ0n) is 8.39. The molecule has 0 radical (unpaired) electrons. The number of ether oxygens (including phenoxy) is 1. The van der Waals surface area contributed by atoms with Crippen LogP contribution in [0.4, 0.5) is 0 Å². The van der Waals surface area contributed by atoms with Crippen molar-refractivity contribution < 1.29 is 23.1 Å². The Morgan fingerprint density at radius 3 is 2.50 bits per heavy atom. The Bertz CT molecular complexity index is 269. The van der Waals surface area contributed by atoms with E-state index in [1.165, 1.54) is 6.92 Å². The summed E-state index contributed by atoms with van der Waals surface area (Å²) in [5.41, 5.74) is 0. The van der Waals surface area contributed by atoms with Crippen LogP contribution in [0, 0.1) is 0 Å². The van der Waals surface area contributed by atoms with E-state index < -0.39 is 21.9 Å². The van der Waals surface area contributed by atoms with Crippen molar-refractivity contribution in [1.29, 1.82) is 0 Å². The molecule has 0 aliphatic carbocycles. The molecule has 6 heteroatoms. The summed E-state index contributed by atoms with van der Waals surface area (Å²) in [5, 5.41) is 8.44. The average molecular weight is 224 g/mol. The van der Waals surface area contributed by atoms with Gasteiger partial charge in [-0.2, -0.15) is 0 Å². The van der Waals surface area contributed by atoms with Crippen LogP contribution < -0.4 is 0 Å². The fraction of sp³-hybridized carbons (Fsp3) is 0.875. The van der Waals surface area contributed by atoms with E-state index in [0.717, 1.165) is 0 Å². The van der Waals surface area contributed by atoms with Crippen LogP contribution >= 0.6 is 0 Å². The Kier molecular flexibility index (Phi) is 5.71. The van der Waals surface area contributed by atoms with Gasteiger partial charge in [0, 0.05) is 12.4 Å². The molecule has 0 rings (SSSR count). The Hall–Kier alpha value is -0.620. The molecule has 1 unspecified atom stereocenters. The predicted octanol–water partition coefficient (Wildman–Crippen LogP) is 0.301. The largest absolute Gasteiger partial charge is 0.479 e. The van der Waals surface area contributed by atoms with Gasteiger partial charge in [0.1, 0.15) is 9.84 Å². The monoisotopic (exact) mass is 224 g/mol. The summed E-state index contributed by atoms with van der Waals surface area (Å²) in [6.45, 7) is 3.15. The van der Waals surface area contributed by atoms with Crippen LogP contribution in [-0.4, -0.2) is 43.7 Å². The van der Waals surface area contributed by atoms with Gasteiger partial charge < -0.3 is 9.84 Å². The van der Waals surface area contributed by atoms with E-state index in [9.17, 15) is 13.2 Å². The number of hydrogen-bond acceptors (Lipinski definition) is 4. The van der Waals surface area contributed by atoms with Crippen molar-refractivity contribution in [3.63, 3.8) is 0 Å². The van der Waals surface area contributed by atoms with E-state index in [-0.39, 0.29) is 18.1 Å². The molecule has 0 aliphatic heterocycles. The third-order valence-corrected chi connectivity index (χ3v) is 3.55. The highest BCUT2D eigenvalue weighted by Gasteiger charge is 2.11. The molecule has 0 amide bonds. The minimum atomic E-state index is -2.97. The lowest BCUT2D eigenvalue weighted by Crippen LogP contribution is -2.21. The molecule has 14 heavy (non-hydrogen) atoms. The number of rotatable bonds is 7. The van der Waals surface area contributed by atoms with Crippen molar-refractivity contribution in [2.45, 2.75) is 26.4 Å². The molecule has 0 aliphatic rings. The standard InChI is InChI=1S/C8H16O5S/c1-3-14(11,12)6-4-5-13-7(2)8(9)10/h7H,3-6H2,1-2H3,(H,9,10). The molecule has 84 valence electrons. The first-order valence-corrected chi connectivity index (χ1v) is 6.26. The molecule has 0 saturated carbocycles. The molecular formula is C8H16O5S. The zero-order chi connectivity index (χ0) is 11.2. The maximum absolute atomic E-state index is 11.0. The molecule has 0 bridgehead atoms. The molecule has 0 aromatic carbocycles. The van der Waals surface area contributed by atoms with Gasteiger partial charge in [-0.15, -0.1) is 0 Å². The maximum atomic E-state index is 11.0. The topological polar surface area (TPSA) is 80.7 Å². The lowest BCUT2D eigenvalue weighted by molar-refractivity contribution is -0.149. The van der Waals surface area contributed by atoms with Crippen LogP contribution in [-0.2, 0) is 19.4 Å². The van der Waals surface area contributed by atoms with Crippen molar-refractivity contribution in [1.82, 2.24) is 0 Å². The Morgan fingerprint density at radius 2 is 2.07 bits per heavy atom. The lowest BCUT2D eigenvalue weighted by atomic mass is 10.4. The van der Waals surface area contributed by atoms with E-state index in [2.05, 4.69) is 0 Å². The molecule has 0 spiro atoms. The summed E-state index contributed by atoms with van der Waals surface area (Å²) in [5.74, 6) is -0.875. The summed E-state index contributed by atoms with van der Waals surface area (Å²) < 4.78 is 26.9. The van der Waals surface area contributed by atoms with E-state index >= 15 is 0 Å². The van der Waals surface area contributed by atoms with Crippen molar-refractivity contribution in [2.75, 3.05) is 18.1 Å². The Balaban J connectivity index is 3.62. The second-order valence-corrected chi connectivity index (χ2v) is 5.41. The number of carboxylic acids is 1.